The molecular formula is C10H13F3S2. The summed E-state index contributed by atoms with van der Waals surface area (Å²) < 4.78 is 38.7. The van der Waals surface area contributed by atoms with Crippen LogP contribution in [0.1, 0.15) is 19.8 Å². The van der Waals surface area contributed by atoms with Gasteiger partial charge >= 0.3 is 6.18 Å². The lowest BCUT2D eigenvalue weighted by Crippen LogP contribution is -2.14. The Bertz CT molecular complexity index is 271. The smallest absolute Gasteiger partial charge is 0.166 e. The normalized spacial score (nSPS) is 17.7. The Labute approximate surface area is 96.4 Å². The van der Waals surface area contributed by atoms with E-state index in [1.807, 2.05) is 0 Å². The minimum absolute atomic E-state index is 0.0567. The van der Waals surface area contributed by atoms with Crippen LogP contribution >= 0.6 is 23.5 Å². The van der Waals surface area contributed by atoms with E-state index in [4.69, 9.17) is 0 Å². The monoisotopic (exact) mass is 254 g/mol. The van der Waals surface area contributed by atoms with Crippen LogP contribution in [0.25, 0.3) is 0 Å². The van der Waals surface area contributed by atoms with Crippen LogP contribution < -0.4 is 0 Å². The average molecular weight is 254 g/mol. The summed E-state index contributed by atoms with van der Waals surface area (Å²) in [4.78, 5) is 0. The minimum atomic E-state index is -4.22. The fourth-order valence-electron chi connectivity index (χ4n) is 1.19. The molecule has 0 N–H and O–H groups in total. The summed E-state index contributed by atoms with van der Waals surface area (Å²) in [7, 11) is 0. The molecule has 0 aromatic heterocycles. The van der Waals surface area contributed by atoms with Crippen molar-refractivity contribution in [3.63, 3.8) is 0 Å². The number of rotatable bonds is 2. The first-order valence-electron chi connectivity index (χ1n) is 4.61. The quantitative estimate of drug-likeness (QED) is 0.661. The average Bonchev–Trinajstić information content (AvgIpc) is 2.14. The highest BCUT2D eigenvalue weighted by molar-refractivity contribution is 8.22. The molecule has 15 heavy (non-hydrogen) atoms. The molecule has 1 heterocycles. The maximum absolute atomic E-state index is 12.7. The van der Waals surface area contributed by atoms with Gasteiger partial charge in [-0.1, -0.05) is 12.2 Å². The second-order valence-electron chi connectivity index (χ2n) is 3.45. The maximum atomic E-state index is 12.7. The van der Waals surface area contributed by atoms with E-state index >= 15 is 0 Å². The second-order valence-corrected chi connectivity index (χ2v) is 5.92. The van der Waals surface area contributed by atoms with Crippen molar-refractivity contribution in [3.05, 3.63) is 22.0 Å². The predicted octanol–water partition coefficient (Wildman–Crippen LogP) is 4.60. The molecule has 1 aliphatic rings. The molecule has 86 valence electrons. The van der Waals surface area contributed by atoms with Gasteiger partial charge in [0, 0.05) is 4.24 Å². The SMILES string of the molecule is C=C(C)CC(=C1SCCCS1)C(F)(F)F. The summed E-state index contributed by atoms with van der Waals surface area (Å²) in [6.07, 6.45) is -3.29. The van der Waals surface area contributed by atoms with Crippen molar-refractivity contribution < 1.29 is 13.2 Å². The van der Waals surface area contributed by atoms with Crippen LogP contribution in [-0.4, -0.2) is 17.7 Å². The first-order valence-corrected chi connectivity index (χ1v) is 6.58. The molecular weight excluding hydrogens is 241 g/mol. The summed E-state index contributed by atoms with van der Waals surface area (Å²) in [5.41, 5.74) is 0.145. The molecule has 5 heteroatoms. The van der Waals surface area contributed by atoms with Crippen LogP contribution in [0.5, 0.6) is 0 Å². The third kappa shape index (κ3) is 4.15. The number of hydrogen-bond donors (Lipinski definition) is 0. The molecule has 0 unspecified atom stereocenters. The van der Waals surface area contributed by atoms with E-state index in [0.29, 0.717) is 9.81 Å². The second kappa shape index (κ2) is 5.34. The summed E-state index contributed by atoms with van der Waals surface area (Å²) in [5.74, 6) is 1.58. The molecule has 0 amide bonds. The van der Waals surface area contributed by atoms with Crippen LogP contribution in [0.15, 0.2) is 22.0 Å². The van der Waals surface area contributed by atoms with Gasteiger partial charge in [-0.3, -0.25) is 0 Å². The highest BCUT2D eigenvalue weighted by Gasteiger charge is 2.36. The van der Waals surface area contributed by atoms with Crippen LogP contribution in [-0.2, 0) is 0 Å². The van der Waals surface area contributed by atoms with E-state index in [0.717, 1.165) is 17.9 Å². The van der Waals surface area contributed by atoms with Crippen molar-refractivity contribution in [3.8, 4) is 0 Å². The van der Waals surface area contributed by atoms with E-state index in [1.165, 1.54) is 23.5 Å². The third-order valence-electron chi connectivity index (χ3n) is 1.82. The van der Waals surface area contributed by atoms with E-state index in [9.17, 15) is 13.2 Å². The topological polar surface area (TPSA) is 0 Å². The van der Waals surface area contributed by atoms with Crippen LogP contribution in [0, 0.1) is 0 Å². The molecule has 1 aliphatic heterocycles. The molecule has 1 saturated heterocycles. The highest BCUT2D eigenvalue weighted by Crippen LogP contribution is 2.44. The Balaban J connectivity index is 2.91. The molecule has 1 rings (SSSR count). The Morgan fingerprint density at radius 1 is 1.33 bits per heavy atom. The van der Waals surface area contributed by atoms with E-state index < -0.39 is 11.7 Å². The van der Waals surface area contributed by atoms with Gasteiger partial charge in [0.05, 0.1) is 5.57 Å². The zero-order valence-electron chi connectivity index (χ0n) is 8.49. The number of alkyl halides is 3. The van der Waals surface area contributed by atoms with Crippen molar-refractivity contribution in [2.45, 2.75) is 25.9 Å². The van der Waals surface area contributed by atoms with Crippen molar-refractivity contribution in [1.82, 2.24) is 0 Å². The number of thioether (sulfide) groups is 2. The zero-order valence-corrected chi connectivity index (χ0v) is 10.1. The Morgan fingerprint density at radius 2 is 1.87 bits per heavy atom. The fraction of sp³-hybridized carbons (Fsp3) is 0.600. The largest absolute Gasteiger partial charge is 0.414 e. The first kappa shape index (κ1) is 13.0. The number of hydrogen-bond acceptors (Lipinski definition) is 2. The summed E-state index contributed by atoms with van der Waals surface area (Å²) in [5, 5.41) is 0. The molecule has 0 radical (unpaired) electrons. The highest BCUT2D eigenvalue weighted by atomic mass is 32.2. The van der Waals surface area contributed by atoms with Crippen molar-refractivity contribution >= 4 is 23.5 Å². The molecule has 0 saturated carbocycles. The Hall–Kier alpha value is -0.0300. The minimum Gasteiger partial charge on any atom is -0.166 e. The van der Waals surface area contributed by atoms with Crippen LogP contribution in [0.4, 0.5) is 13.2 Å². The van der Waals surface area contributed by atoms with E-state index in [-0.39, 0.29) is 6.42 Å². The zero-order chi connectivity index (χ0) is 11.5. The van der Waals surface area contributed by atoms with Crippen molar-refractivity contribution in [1.29, 1.82) is 0 Å². The molecule has 0 bridgehead atoms. The van der Waals surface area contributed by atoms with E-state index in [1.54, 1.807) is 6.92 Å². The van der Waals surface area contributed by atoms with Gasteiger partial charge in [-0.25, -0.2) is 0 Å². The third-order valence-corrected chi connectivity index (χ3v) is 4.53. The van der Waals surface area contributed by atoms with Gasteiger partial charge in [0.1, 0.15) is 0 Å². The molecule has 0 aromatic carbocycles. The summed E-state index contributed by atoms with van der Waals surface area (Å²) in [6.45, 7) is 5.18. The molecule has 0 spiro atoms. The standard InChI is InChI=1S/C10H13F3S2/c1-7(2)6-8(10(11,12)13)9-14-4-3-5-15-9/h1,3-6H2,2H3. The summed E-state index contributed by atoms with van der Waals surface area (Å²) in [6, 6.07) is 0. The van der Waals surface area contributed by atoms with Gasteiger partial charge < -0.3 is 0 Å². The Kier molecular flexibility index (Phi) is 4.64. The first-order chi connectivity index (χ1) is 6.91. The molecule has 1 fully saturated rings. The predicted molar refractivity (Wildman–Crippen MR) is 62.0 cm³/mol. The summed E-state index contributed by atoms with van der Waals surface area (Å²) >= 11 is 2.64. The lowest BCUT2D eigenvalue weighted by molar-refractivity contribution is -0.0931. The number of allylic oxidation sites excluding steroid dienone is 2. The fourth-order valence-corrected chi connectivity index (χ4v) is 3.88. The van der Waals surface area contributed by atoms with E-state index in [2.05, 4.69) is 6.58 Å². The number of halogens is 3. The van der Waals surface area contributed by atoms with Crippen molar-refractivity contribution in [2.24, 2.45) is 0 Å². The Morgan fingerprint density at radius 3 is 2.27 bits per heavy atom. The molecule has 0 nitrogen and oxygen atoms in total. The maximum Gasteiger partial charge on any atom is 0.414 e. The lowest BCUT2D eigenvalue weighted by atomic mass is 10.1. The molecule has 0 aromatic rings. The van der Waals surface area contributed by atoms with Gasteiger partial charge in [-0.2, -0.15) is 13.2 Å². The van der Waals surface area contributed by atoms with Gasteiger partial charge in [0.15, 0.2) is 0 Å². The van der Waals surface area contributed by atoms with Gasteiger partial charge in [-0.15, -0.1) is 23.5 Å². The van der Waals surface area contributed by atoms with Gasteiger partial charge in [-0.05, 0) is 31.3 Å². The molecule has 0 aliphatic carbocycles. The van der Waals surface area contributed by atoms with Crippen molar-refractivity contribution in [2.75, 3.05) is 11.5 Å². The van der Waals surface area contributed by atoms with Gasteiger partial charge in [0.2, 0.25) is 0 Å². The van der Waals surface area contributed by atoms with Crippen LogP contribution in [0.3, 0.4) is 0 Å². The van der Waals surface area contributed by atoms with Gasteiger partial charge in [0.25, 0.3) is 0 Å². The molecule has 0 atom stereocenters. The lowest BCUT2D eigenvalue weighted by Gasteiger charge is -2.20. The van der Waals surface area contributed by atoms with Crippen LogP contribution in [0.2, 0.25) is 0 Å².